The molecule has 1 aliphatic heterocycles. The van der Waals surface area contributed by atoms with Crippen LogP contribution >= 0.6 is 0 Å². The van der Waals surface area contributed by atoms with Gasteiger partial charge in [-0.3, -0.25) is 4.79 Å². The molecule has 6 heteroatoms. The van der Waals surface area contributed by atoms with Crippen LogP contribution in [0, 0.1) is 5.82 Å². The van der Waals surface area contributed by atoms with Crippen LogP contribution in [0.15, 0.2) is 72.8 Å². The lowest BCUT2D eigenvalue weighted by Crippen LogP contribution is -2.22. The van der Waals surface area contributed by atoms with Crippen LogP contribution < -0.4 is 10.2 Å². The van der Waals surface area contributed by atoms with Gasteiger partial charge in [-0.25, -0.2) is 9.18 Å². The van der Waals surface area contributed by atoms with Crippen molar-refractivity contribution in [1.29, 1.82) is 0 Å². The first-order valence-corrected chi connectivity index (χ1v) is 9.75. The highest BCUT2D eigenvalue weighted by Gasteiger charge is 2.27. The Labute approximate surface area is 173 Å². The zero-order chi connectivity index (χ0) is 21.1. The molecule has 0 aromatic heterocycles. The van der Waals surface area contributed by atoms with Crippen LogP contribution in [0.25, 0.3) is 0 Å². The maximum atomic E-state index is 13.0. The fourth-order valence-corrected chi connectivity index (χ4v) is 3.84. The molecule has 152 valence electrons. The van der Waals surface area contributed by atoms with Crippen molar-refractivity contribution in [2.24, 2.45) is 0 Å². The average molecular weight is 404 g/mol. The van der Waals surface area contributed by atoms with E-state index in [1.807, 2.05) is 18.2 Å². The first-order chi connectivity index (χ1) is 14.5. The Balaban J connectivity index is 1.53. The molecule has 1 fully saturated rings. The smallest absolute Gasteiger partial charge is 0.337 e. The lowest BCUT2D eigenvalue weighted by Gasteiger charge is -2.21. The Hall–Kier alpha value is -3.67. The number of carboxylic acid groups (broad SMARTS) is 1. The van der Waals surface area contributed by atoms with Crippen molar-refractivity contribution in [3.63, 3.8) is 0 Å². The molecule has 3 aromatic carbocycles. The summed E-state index contributed by atoms with van der Waals surface area (Å²) in [5.41, 5.74) is 2.70. The summed E-state index contributed by atoms with van der Waals surface area (Å²) in [5, 5.41) is 12.4. The average Bonchev–Trinajstić information content (AvgIpc) is 3.25. The highest BCUT2D eigenvalue weighted by Crippen LogP contribution is 2.33. The number of hydrogen-bond acceptors (Lipinski definition) is 3. The number of benzene rings is 3. The summed E-state index contributed by atoms with van der Waals surface area (Å²) in [6, 6.07) is 20.3. The van der Waals surface area contributed by atoms with Gasteiger partial charge in [-0.1, -0.05) is 30.3 Å². The predicted molar refractivity (Wildman–Crippen MR) is 114 cm³/mol. The molecule has 30 heavy (non-hydrogen) atoms. The van der Waals surface area contributed by atoms with Crippen LogP contribution in [-0.4, -0.2) is 30.1 Å². The number of carbonyl (C=O) groups is 2. The second-order valence-corrected chi connectivity index (χ2v) is 7.34. The third-order valence-electron chi connectivity index (χ3n) is 5.39. The van der Waals surface area contributed by atoms with Crippen LogP contribution in [-0.2, 0) is 0 Å². The number of carbonyl (C=O) groups excluding carboxylic acids is 1. The molecule has 3 aromatic rings. The number of anilines is 2. The first kappa shape index (κ1) is 19.6. The van der Waals surface area contributed by atoms with E-state index in [-0.39, 0.29) is 5.56 Å². The van der Waals surface area contributed by atoms with Gasteiger partial charge in [0.1, 0.15) is 5.82 Å². The number of nitrogens with one attached hydrogen (secondary N) is 1. The number of amides is 1. The molecule has 5 nitrogen and oxygen atoms in total. The first-order valence-electron chi connectivity index (χ1n) is 9.75. The summed E-state index contributed by atoms with van der Waals surface area (Å²) in [5.74, 6) is -1.55. The van der Waals surface area contributed by atoms with Gasteiger partial charge >= 0.3 is 5.97 Å². The van der Waals surface area contributed by atoms with E-state index in [0.717, 1.165) is 19.5 Å². The minimum absolute atomic E-state index is 0.139. The Morgan fingerprint density at radius 3 is 2.43 bits per heavy atom. The normalized spacial score (nSPS) is 15.8. The van der Waals surface area contributed by atoms with E-state index in [4.69, 9.17) is 0 Å². The van der Waals surface area contributed by atoms with Gasteiger partial charge in [0.2, 0.25) is 0 Å². The maximum absolute atomic E-state index is 13.0. The fourth-order valence-electron chi connectivity index (χ4n) is 3.84. The van der Waals surface area contributed by atoms with Crippen molar-refractivity contribution >= 4 is 23.3 Å². The number of hydrogen-bond donors (Lipinski definition) is 2. The number of rotatable bonds is 5. The van der Waals surface area contributed by atoms with E-state index < -0.39 is 17.7 Å². The van der Waals surface area contributed by atoms with Gasteiger partial charge in [0.25, 0.3) is 5.91 Å². The molecule has 4 rings (SSSR count). The second kappa shape index (κ2) is 8.37. The lowest BCUT2D eigenvalue weighted by molar-refractivity contribution is 0.0697. The SMILES string of the molecule is O=C(Nc1ccc(N2CCC(c3ccccc3)C2)c(C(=O)O)c1)c1ccc(F)cc1. The van der Waals surface area contributed by atoms with E-state index in [1.54, 1.807) is 12.1 Å². The molecule has 1 unspecified atom stereocenters. The molecular formula is C24H21FN2O3. The zero-order valence-electron chi connectivity index (χ0n) is 16.2. The topological polar surface area (TPSA) is 69.6 Å². The van der Waals surface area contributed by atoms with Gasteiger partial charge in [-0.15, -0.1) is 0 Å². The van der Waals surface area contributed by atoms with Gasteiger partial charge < -0.3 is 15.3 Å². The second-order valence-electron chi connectivity index (χ2n) is 7.34. The largest absolute Gasteiger partial charge is 0.478 e. The molecule has 0 spiro atoms. The molecule has 1 saturated heterocycles. The van der Waals surface area contributed by atoms with Crippen LogP contribution in [0.5, 0.6) is 0 Å². The minimum atomic E-state index is -1.05. The lowest BCUT2D eigenvalue weighted by atomic mass is 9.99. The zero-order valence-corrected chi connectivity index (χ0v) is 16.2. The van der Waals surface area contributed by atoms with Gasteiger partial charge in [-0.05, 0) is 54.4 Å². The van der Waals surface area contributed by atoms with Crippen molar-refractivity contribution in [2.45, 2.75) is 12.3 Å². The number of carboxylic acids is 1. The van der Waals surface area contributed by atoms with Crippen molar-refractivity contribution in [1.82, 2.24) is 0 Å². The third-order valence-corrected chi connectivity index (χ3v) is 5.39. The van der Waals surface area contributed by atoms with E-state index in [1.165, 1.54) is 35.9 Å². The van der Waals surface area contributed by atoms with Gasteiger partial charge in [0.05, 0.1) is 11.3 Å². The van der Waals surface area contributed by atoms with Gasteiger partial charge in [0.15, 0.2) is 0 Å². The summed E-state index contributed by atoms with van der Waals surface area (Å²) in [7, 11) is 0. The molecule has 1 aliphatic rings. The monoisotopic (exact) mass is 404 g/mol. The van der Waals surface area contributed by atoms with E-state index in [9.17, 15) is 19.1 Å². The van der Waals surface area contributed by atoms with Gasteiger partial charge in [-0.2, -0.15) is 0 Å². The number of aromatic carboxylic acids is 1. The van der Waals surface area contributed by atoms with Crippen molar-refractivity contribution in [3.8, 4) is 0 Å². The summed E-state index contributed by atoms with van der Waals surface area (Å²) in [4.78, 5) is 26.3. The van der Waals surface area contributed by atoms with E-state index >= 15 is 0 Å². The van der Waals surface area contributed by atoms with E-state index in [0.29, 0.717) is 22.9 Å². The summed E-state index contributed by atoms with van der Waals surface area (Å²) >= 11 is 0. The number of nitrogens with zero attached hydrogens (tertiary/aromatic N) is 1. The molecule has 1 heterocycles. The Kier molecular flexibility index (Phi) is 5.48. The van der Waals surface area contributed by atoms with Crippen molar-refractivity contribution < 1.29 is 19.1 Å². The fraction of sp³-hybridized carbons (Fsp3) is 0.167. The Morgan fingerprint density at radius 2 is 1.73 bits per heavy atom. The molecule has 2 N–H and O–H groups in total. The molecule has 0 aliphatic carbocycles. The standard InChI is InChI=1S/C24H21FN2O3/c25-19-8-6-17(7-9-19)23(28)26-20-10-11-22(21(14-20)24(29)30)27-13-12-18(15-27)16-4-2-1-3-5-16/h1-11,14,18H,12-13,15H2,(H,26,28)(H,29,30). The molecule has 0 saturated carbocycles. The highest BCUT2D eigenvalue weighted by atomic mass is 19.1. The third kappa shape index (κ3) is 4.17. The van der Waals surface area contributed by atoms with Crippen molar-refractivity contribution in [2.75, 3.05) is 23.3 Å². The predicted octanol–water partition coefficient (Wildman–Crippen LogP) is 4.77. The summed E-state index contributed by atoms with van der Waals surface area (Å²) in [6.07, 6.45) is 0.951. The van der Waals surface area contributed by atoms with Crippen LogP contribution in [0.2, 0.25) is 0 Å². The highest BCUT2D eigenvalue weighted by molar-refractivity contribution is 6.05. The molecule has 1 amide bonds. The van der Waals surface area contributed by atoms with E-state index in [2.05, 4.69) is 22.3 Å². The minimum Gasteiger partial charge on any atom is -0.478 e. The van der Waals surface area contributed by atoms with Gasteiger partial charge in [0, 0.05) is 30.3 Å². The molecule has 0 bridgehead atoms. The Morgan fingerprint density at radius 1 is 1.00 bits per heavy atom. The van der Waals surface area contributed by atoms with Crippen LogP contribution in [0.3, 0.4) is 0 Å². The molecular weight excluding hydrogens is 383 g/mol. The maximum Gasteiger partial charge on any atom is 0.337 e. The summed E-state index contributed by atoms with van der Waals surface area (Å²) < 4.78 is 13.0. The van der Waals surface area contributed by atoms with Crippen LogP contribution in [0.4, 0.5) is 15.8 Å². The number of halogens is 1. The molecule has 1 atom stereocenters. The summed E-state index contributed by atoms with van der Waals surface area (Å²) in [6.45, 7) is 1.51. The Bertz CT molecular complexity index is 1070. The van der Waals surface area contributed by atoms with Crippen LogP contribution in [0.1, 0.15) is 38.6 Å². The molecule has 0 radical (unpaired) electrons. The van der Waals surface area contributed by atoms with Crippen molar-refractivity contribution in [3.05, 3.63) is 95.3 Å². The quantitative estimate of drug-likeness (QED) is 0.643.